The fourth-order valence-corrected chi connectivity index (χ4v) is 3.52. The lowest BCUT2D eigenvalue weighted by molar-refractivity contribution is -0.145. The highest BCUT2D eigenvalue weighted by molar-refractivity contribution is 7.18. The van der Waals surface area contributed by atoms with E-state index in [1.165, 1.54) is 11.3 Å². The standard InChI is InChI=1S/C19H22O3S/c1-3-5-6-7-12-18(20)22-13-17-14(4-2)19(21)15-10-8-9-11-16(15)23-17/h4,8-11H,2-3,5-7,12-13H2,1H3. The first-order chi connectivity index (χ1) is 11.2. The minimum absolute atomic E-state index is 0.0525. The van der Waals surface area contributed by atoms with Gasteiger partial charge in [0, 0.05) is 22.1 Å². The Balaban J connectivity index is 2.09. The Kier molecular flexibility index (Phi) is 6.53. The molecule has 23 heavy (non-hydrogen) atoms. The molecule has 0 fully saturated rings. The van der Waals surface area contributed by atoms with Crippen LogP contribution in [0.3, 0.4) is 0 Å². The Morgan fingerprint density at radius 1 is 1.26 bits per heavy atom. The van der Waals surface area contributed by atoms with Gasteiger partial charge in [-0.2, -0.15) is 0 Å². The summed E-state index contributed by atoms with van der Waals surface area (Å²) in [5.41, 5.74) is 0.482. The zero-order valence-electron chi connectivity index (χ0n) is 13.5. The van der Waals surface area contributed by atoms with Gasteiger partial charge in [0.1, 0.15) is 6.61 Å². The number of ether oxygens (including phenoxy) is 1. The van der Waals surface area contributed by atoms with Gasteiger partial charge in [-0.15, -0.1) is 11.3 Å². The molecule has 1 aromatic heterocycles. The second-order valence-corrected chi connectivity index (χ2v) is 6.58. The van der Waals surface area contributed by atoms with E-state index in [0.717, 1.165) is 35.3 Å². The van der Waals surface area contributed by atoms with Crippen molar-refractivity contribution in [2.75, 3.05) is 0 Å². The summed E-state index contributed by atoms with van der Waals surface area (Å²) in [7, 11) is 0. The van der Waals surface area contributed by atoms with Crippen molar-refractivity contribution in [3.8, 4) is 0 Å². The summed E-state index contributed by atoms with van der Waals surface area (Å²) in [6, 6.07) is 7.46. The topological polar surface area (TPSA) is 43.4 Å². The molecule has 2 aromatic rings. The van der Waals surface area contributed by atoms with Crippen molar-refractivity contribution < 1.29 is 9.53 Å². The molecular weight excluding hydrogens is 308 g/mol. The maximum atomic E-state index is 12.5. The second kappa shape index (κ2) is 8.63. The third kappa shape index (κ3) is 4.52. The molecule has 0 N–H and O–H groups in total. The van der Waals surface area contributed by atoms with Crippen molar-refractivity contribution >= 4 is 33.5 Å². The molecule has 0 atom stereocenters. The minimum Gasteiger partial charge on any atom is -0.460 e. The molecule has 0 spiro atoms. The zero-order valence-corrected chi connectivity index (χ0v) is 14.3. The maximum absolute atomic E-state index is 12.5. The van der Waals surface area contributed by atoms with Gasteiger partial charge in [0.25, 0.3) is 0 Å². The number of carbonyl (C=O) groups excluding carboxylic acids is 1. The predicted molar refractivity (Wildman–Crippen MR) is 96.7 cm³/mol. The Labute approximate surface area is 140 Å². The van der Waals surface area contributed by atoms with Gasteiger partial charge in [0.2, 0.25) is 0 Å². The van der Waals surface area contributed by atoms with Crippen LogP contribution in [0.5, 0.6) is 0 Å². The number of hydrogen-bond donors (Lipinski definition) is 0. The lowest BCUT2D eigenvalue weighted by Gasteiger charge is -2.08. The molecule has 0 bridgehead atoms. The summed E-state index contributed by atoms with van der Waals surface area (Å²) in [6.45, 7) is 6.00. The summed E-state index contributed by atoms with van der Waals surface area (Å²) in [5, 5.41) is 0.682. The van der Waals surface area contributed by atoms with Crippen molar-refractivity contribution in [1.29, 1.82) is 0 Å². The van der Waals surface area contributed by atoms with Crippen LogP contribution in [0.2, 0.25) is 0 Å². The summed E-state index contributed by atoms with van der Waals surface area (Å²) >= 11 is 1.48. The van der Waals surface area contributed by atoms with Crippen LogP contribution in [-0.2, 0) is 16.1 Å². The first-order valence-corrected chi connectivity index (χ1v) is 8.81. The van der Waals surface area contributed by atoms with Crippen LogP contribution >= 0.6 is 11.3 Å². The number of esters is 1. The molecule has 0 radical (unpaired) electrons. The van der Waals surface area contributed by atoms with Crippen LogP contribution in [0.15, 0.2) is 35.6 Å². The largest absolute Gasteiger partial charge is 0.460 e. The SMILES string of the molecule is C=Cc1c(COC(=O)CCCCCC)sc2ccccc2c1=O. The van der Waals surface area contributed by atoms with Crippen LogP contribution in [-0.4, -0.2) is 5.97 Å². The molecule has 0 saturated heterocycles. The van der Waals surface area contributed by atoms with E-state index in [-0.39, 0.29) is 18.0 Å². The average Bonchev–Trinajstić information content (AvgIpc) is 2.57. The summed E-state index contributed by atoms with van der Waals surface area (Å²) in [4.78, 5) is 25.0. The van der Waals surface area contributed by atoms with Gasteiger partial charge in [-0.1, -0.05) is 51.0 Å². The number of hydrogen-bond acceptors (Lipinski definition) is 4. The number of carbonyl (C=O) groups is 1. The van der Waals surface area contributed by atoms with Crippen LogP contribution in [0, 0.1) is 0 Å². The minimum atomic E-state index is -0.205. The molecule has 0 amide bonds. The number of rotatable bonds is 8. The molecule has 4 heteroatoms. The monoisotopic (exact) mass is 330 g/mol. The van der Waals surface area contributed by atoms with Crippen molar-refractivity contribution in [3.05, 3.63) is 51.5 Å². The molecule has 0 aliphatic heterocycles. The molecule has 2 rings (SSSR count). The average molecular weight is 330 g/mol. The van der Waals surface area contributed by atoms with Crippen molar-refractivity contribution in [3.63, 3.8) is 0 Å². The van der Waals surface area contributed by atoms with E-state index in [4.69, 9.17) is 4.74 Å². The normalized spacial score (nSPS) is 10.7. The number of benzene rings is 1. The molecule has 0 aliphatic carbocycles. The molecular formula is C19H22O3S. The summed E-state index contributed by atoms with van der Waals surface area (Å²) < 4.78 is 6.24. The van der Waals surface area contributed by atoms with Gasteiger partial charge in [-0.25, -0.2) is 0 Å². The predicted octanol–water partition coefficient (Wildman–Crippen LogP) is 4.92. The van der Waals surface area contributed by atoms with Gasteiger partial charge in [0.15, 0.2) is 5.43 Å². The van der Waals surface area contributed by atoms with Crippen LogP contribution in [0.25, 0.3) is 16.2 Å². The molecule has 3 nitrogen and oxygen atoms in total. The first kappa shape index (κ1) is 17.4. The van der Waals surface area contributed by atoms with Crippen molar-refractivity contribution in [1.82, 2.24) is 0 Å². The third-order valence-corrected chi connectivity index (χ3v) is 4.87. The molecule has 0 saturated carbocycles. The number of fused-ring (bicyclic) bond motifs is 1. The number of unbranched alkanes of at least 4 members (excludes halogenated alkanes) is 3. The Bertz CT molecular complexity index is 746. The van der Waals surface area contributed by atoms with E-state index in [1.54, 1.807) is 6.08 Å². The fraction of sp³-hybridized carbons (Fsp3) is 0.368. The summed E-state index contributed by atoms with van der Waals surface area (Å²) in [6.07, 6.45) is 6.17. The van der Waals surface area contributed by atoms with Crippen LogP contribution in [0.4, 0.5) is 0 Å². The Morgan fingerprint density at radius 2 is 2.04 bits per heavy atom. The van der Waals surface area contributed by atoms with Gasteiger partial charge in [-0.05, 0) is 18.6 Å². The third-order valence-electron chi connectivity index (χ3n) is 3.71. The Morgan fingerprint density at radius 3 is 2.78 bits per heavy atom. The fourth-order valence-electron chi connectivity index (χ4n) is 2.43. The highest BCUT2D eigenvalue weighted by Crippen LogP contribution is 2.23. The van der Waals surface area contributed by atoms with E-state index in [1.807, 2.05) is 24.3 Å². The van der Waals surface area contributed by atoms with E-state index in [2.05, 4.69) is 13.5 Å². The smallest absolute Gasteiger partial charge is 0.306 e. The second-order valence-electron chi connectivity index (χ2n) is 5.44. The molecule has 1 aromatic carbocycles. The van der Waals surface area contributed by atoms with Gasteiger partial charge in [-0.3, -0.25) is 9.59 Å². The van der Waals surface area contributed by atoms with Gasteiger partial charge in [0.05, 0.1) is 4.88 Å². The lowest BCUT2D eigenvalue weighted by Crippen LogP contribution is -2.10. The van der Waals surface area contributed by atoms with Gasteiger partial charge < -0.3 is 4.74 Å². The highest BCUT2D eigenvalue weighted by Gasteiger charge is 2.12. The molecule has 1 heterocycles. The Hall–Kier alpha value is -1.94. The van der Waals surface area contributed by atoms with Crippen molar-refractivity contribution in [2.24, 2.45) is 0 Å². The van der Waals surface area contributed by atoms with Crippen LogP contribution < -0.4 is 5.43 Å². The van der Waals surface area contributed by atoms with E-state index >= 15 is 0 Å². The molecule has 0 unspecified atom stereocenters. The summed E-state index contributed by atoms with van der Waals surface area (Å²) in [5.74, 6) is -0.205. The zero-order chi connectivity index (χ0) is 16.7. The quantitative estimate of drug-likeness (QED) is 0.510. The first-order valence-electron chi connectivity index (χ1n) is 8.00. The van der Waals surface area contributed by atoms with Crippen molar-refractivity contribution in [2.45, 2.75) is 45.6 Å². The van der Waals surface area contributed by atoms with E-state index < -0.39 is 0 Å². The highest BCUT2D eigenvalue weighted by atomic mass is 32.1. The lowest BCUT2D eigenvalue weighted by atomic mass is 10.1. The molecule has 122 valence electrons. The molecule has 0 aliphatic rings. The van der Waals surface area contributed by atoms with Crippen LogP contribution in [0.1, 0.15) is 49.5 Å². The van der Waals surface area contributed by atoms with Gasteiger partial charge >= 0.3 is 5.97 Å². The van der Waals surface area contributed by atoms with E-state index in [0.29, 0.717) is 17.4 Å². The maximum Gasteiger partial charge on any atom is 0.306 e. The van der Waals surface area contributed by atoms with E-state index in [9.17, 15) is 9.59 Å².